The van der Waals surface area contributed by atoms with Gasteiger partial charge in [-0.25, -0.2) is 0 Å². The van der Waals surface area contributed by atoms with Crippen LogP contribution >= 0.6 is 0 Å². The average molecular weight is 142 g/mol. The molecule has 0 aliphatic rings. The lowest BCUT2D eigenvalue weighted by Crippen LogP contribution is -2.04. The van der Waals surface area contributed by atoms with Gasteiger partial charge in [-0.1, -0.05) is 12.2 Å². The summed E-state index contributed by atoms with van der Waals surface area (Å²) in [6, 6.07) is 0. The van der Waals surface area contributed by atoms with Gasteiger partial charge in [-0.2, -0.15) is 0 Å². The predicted octanol–water partition coefficient (Wildman–Crippen LogP) is 1.56. The van der Waals surface area contributed by atoms with Gasteiger partial charge >= 0.3 is 0 Å². The summed E-state index contributed by atoms with van der Waals surface area (Å²) >= 11 is 0. The third-order valence-corrected chi connectivity index (χ3v) is 1.13. The van der Waals surface area contributed by atoms with E-state index >= 15 is 0 Å². The van der Waals surface area contributed by atoms with Gasteiger partial charge in [0.05, 0.1) is 0 Å². The van der Waals surface area contributed by atoms with Crippen LogP contribution in [-0.2, 0) is 9.53 Å². The van der Waals surface area contributed by atoms with Crippen molar-refractivity contribution in [2.24, 2.45) is 0 Å². The maximum Gasteiger partial charge on any atom is 0.158 e. The highest BCUT2D eigenvalue weighted by Crippen LogP contribution is 1.92. The molecule has 0 N–H and O–H groups in total. The number of carbonyl (C=O) groups excluding carboxylic acids is 1. The van der Waals surface area contributed by atoms with E-state index in [1.54, 1.807) is 0 Å². The molecule has 0 fully saturated rings. The van der Waals surface area contributed by atoms with Crippen LogP contribution in [0.4, 0.5) is 0 Å². The van der Waals surface area contributed by atoms with Crippen molar-refractivity contribution in [3.63, 3.8) is 0 Å². The van der Waals surface area contributed by atoms with E-state index in [0.29, 0.717) is 6.42 Å². The van der Waals surface area contributed by atoms with Crippen LogP contribution in [0, 0.1) is 0 Å². The fourth-order valence-corrected chi connectivity index (χ4v) is 0.644. The second-order valence-electron chi connectivity index (χ2n) is 2.08. The molecule has 0 heterocycles. The number of allylic oxidation sites excluding steroid dienone is 2. The van der Waals surface area contributed by atoms with Crippen molar-refractivity contribution in [3.05, 3.63) is 12.2 Å². The van der Waals surface area contributed by atoms with Crippen molar-refractivity contribution in [1.29, 1.82) is 0 Å². The minimum Gasteiger partial charge on any atom is -0.377 e. The van der Waals surface area contributed by atoms with E-state index in [0.717, 1.165) is 6.42 Å². The summed E-state index contributed by atoms with van der Waals surface area (Å²) in [6.45, 7) is 2.19. The molecule has 0 bridgehead atoms. The smallest absolute Gasteiger partial charge is 0.158 e. The van der Waals surface area contributed by atoms with Gasteiger partial charge in [-0.3, -0.25) is 4.79 Å². The molecular formula is C8H14O2. The number of Topliss-reactive ketones (excluding diaryl/α,β-unsaturated/α-hetero) is 1. The van der Waals surface area contributed by atoms with Crippen molar-refractivity contribution >= 4 is 5.78 Å². The summed E-state index contributed by atoms with van der Waals surface area (Å²) in [6.07, 6.45) is 5.35. The highest BCUT2D eigenvalue weighted by Gasteiger charge is 1.96. The lowest BCUT2D eigenvalue weighted by atomic mass is 10.2. The molecule has 0 aromatic heterocycles. The first kappa shape index (κ1) is 9.37. The normalized spacial score (nSPS) is 10.6. The Hall–Kier alpha value is -0.630. The molecule has 0 spiro atoms. The van der Waals surface area contributed by atoms with Gasteiger partial charge in [-0.05, 0) is 13.3 Å². The van der Waals surface area contributed by atoms with Crippen LogP contribution in [0.5, 0.6) is 0 Å². The largest absolute Gasteiger partial charge is 0.377 e. The highest BCUT2D eigenvalue weighted by atomic mass is 16.5. The van der Waals surface area contributed by atoms with E-state index in [9.17, 15) is 4.79 Å². The van der Waals surface area contributed by atoms with Gasteiger partial charge in [0.1, 0.15) is 6.61 Å². The molecular weight excluding hydrogens is 128 g/mol. The summed E-state index contributed by atoms with van der Waals surface area (Å²) in [5.74, 6) is 0.167. The number of carbonyl (C=O) groups is 1. The van der Waals surface area contributed by atoms with Gasteiger partial charge in [0.2, 0.25) is 0 Å². The molecule has 0 unspecified atom stereocenters. The van der Waals surface area contributed by atoms with E-state index in [2.05, 4.69) is 4.74 Å². The number of methoxy groups -OCH3 is 1. The monoisotopic (exact) mass is 142 g/mol. The van der Waals surface area contributed by atoms with Gasteiger partial charge in [0, 0.05) is 13.5 Å². The van der Waals surface area contributed by atoms with Gasteiger partial charge < -0.3 is 4.74 Å². The van der Waals surface area contributed by atoms with Crippen LogP contribution < -0.4 is 0 Å². The van der Waals surface area contributed by atoms with E-state index in [-0.39, 0.29) is 12.4 Å². The van der Waals surface area contributed by atoms with Crippen molar-refractivity contribution in [3.8, 4) is 0 Å². The van der Waals surface area contributed by atoms with Crippen molar-refractivity contribution in [2.75, 3.05) is 13.7 Å². The predicted molar refractivity (Wildman–Crippen MR) is 40.9 cm³/mol. The summed E-state index contributed by atoms with van der Waals surface area (Å²) in [7, 11) is 1.54. The first-order chi connectivity index (χ1) is 4.81. The summed E-state index contributed by atoms with van der Waals surface area (Å²) < 4.78 is 4.66. The SMILES string of the molecule is CC=CCCC(=O)COC. The molecule has 0 saturated carbocycles. The van der Waals surface area contributed by atoms with E-state index in [4.69, 9.17) is 0 Å². The number of ketones is 1. The Labute approximate surface area is 61.9 Å². The molecule has 0 radical (unpaired) electrons. The molecule has 0 aliphatic heterocycles. The highest BCUT2D eigenvalue weighted by molar-refractivity contribution is 5.79. The molecule has 2 nitrogen and oxygen atoms in total. The number of ether oxygens (including phenoxy) is 1. The zero-order valence-corrected chi connectivity index (χ0v) is 6.59. The first-order valence-electron chi connectivity index (χ1n) is 3.43. The summed E-state index contributed by atoms with van der Waals surface area (Å²) in [5.41, 5.74) is 0. The molecule has 0 aromatic carbocycles. The average Bonchev–Trinajstić information content (AvgIpc) is 1.89. The molecule has 0 aliphatic carbocycles. The zero-order chi connectivity index (χ0) is 7.82. The van der Waals surface area contributed by atoms with Crippen LogP contribution in [0.1, 0.15) is 19.8 Å². The summed E-state index contributed by atoms with van der Waals surface area (Å²) in [5, 5.41) is 0. The topological polar surface area (TPSA) is 26.3 Å². The minimum absolute atomic E-state index is 0.167. The Bertz CT molecular complexity index is 116. The van der Waals surface area contributed by atoms with Crippen LogP contribution in [0.15, 0.2) is 12.2 Å². The first-order valence-corrected chi connectivity index (χ1v) is 3.43. The third kappa shape index (κ3) is 5.51. The van der Waals surface area contributed by atoms with E-state index < -0.39 is 0 Å². The molecule has 0 atom stereocenters. The number of rotatable bonds is 5. The third-order valence-electron chi connectivity index (χ3n) is 1.13. The van der Waals surface area contributed by atoms with Crippen LogP contribution in [-0.4, -0.2) is 19.5 Å². The molecule has 0 saturated heterocycles. The Morgan fingerprint density at radius 3 is 2.80 bits per heavy atom. The molecule has 0 amide bonds. The summed E-state index contributed by atoms with van der Waals surface area (Å²) in [4.78, 5) is 10.8. The lowest BCUT2D eigenvalue weighted by Gasteiger charge is -1.94. The van der Waals surface area contributed by atoms with Crippen molar-refractivity contribution in [2.45, 2.75) is 19.8 Å². The Balaban J connectivity index is 3.21. The number of hydrogen-bond donors (Lipinski definition) is 0. The molecule has 2 heteroatoms. The van der Waals surface area contributed by atoms with Gasteiger partial charge in [-0.15, -0.1) is 0 Å². The van der Waals surface area contributed by atoms with Crippen molar-refractivity contribution < 1.29 is 9.53 Å². The minimum atomic E-state index is 0.167. The molecule has 0 aromatic rings. The standard InChI is InChI=1S/C8H14O2/c1-3-4-5-6-8(9)7-10-2/h3-4H,5-7H2,1-2H3. The van der Waals surface area contributed by atoms with Crippen LogP contribution in [0.3, 0.4) is 0 Å². The fourth-order valence-electron chi connectivity index (χ4n) is 0.644. The van der Waals surface area contributed by atoms with E-state index in [1.807, 2.05) is 19.1 Å². The lowest BCUT2D eigenvalue weighted by molar-refractivity contribution is -0.122. The second-order valence-corrected chi connectivity index (χ2v) is 2.08. The van der Waals surface area contributed by atoms with Crippen LogP contribution in [0.25, 0.3) is 0 Å². The zero-order valence-electron chi connectivity index (χ0n) is 6.59. The second kappa shape index (κ2) is 6.49. The van der Waals surface area contributed by atoms with Crippen molar-refractivity contribution in [1.82, 2.24) is 0 Å². The Kier molecular flexibility index (Phi) is 6.08. The molecule has 58 valence electrons. The van der Waals surface area contributed by atoms with Gasteiger partial charge in [0.25, 0.3) is 0 Å². The fraction of sp³-hybridized carbons (Fsp3) is 0.625. The maximum atomic E-state index is 10.8. The Morgan fingerprint density at radius 2 is 2.30 bits per heavy atom. The van der Waals surface area contributed by atoms with Gasteiger partial charge in [0.15, 0.2) is 5.78 Å². The maximum absolute atomic E-state index is 10.8. The quantitative estimate of drug-likeness (QED) is 0.544. The van der Waals surface area contributed by atoms with Crippen LogP contribution in [0.2, 0.25) is 0 Å². The Morgan fingerprint density at radius 1 is 1.60 bits per heavy atom. The molecule has 10 heavy (non-hydrogen) atoms. The number of hydrogen-bond acceptors (Lipinski definition) is 2. The van der Waals surface area contributed by atoms with E-state index in [1.165, 1.54) is 7.11 Å². The molecule has 0 rings (SSSR count).